The standard InChI is InChI=1S/C21H20BrN3O2/c1-13(2)14-5-9-18(10-6-14)25-12-16(11-19(25)26)21-23-20(24-27-21)15-3-7-17(22)8-4-15/h3-10,13,16H,11-12H2,1-2H3/t16-/m0/s1. The quantitative estimate of drug-likeness (QED) is 0.580. The van der Waals surface area contributed by atoms with Gasteiger partial charge in [0.1, 0.15) is 0 Å². The minimum absolute atomic E-state index is 0.0840. The van der Waals surface area contributed by atoms with Gasteiger partial charge in [0.15, 0.2) is 0 Å². The first-order valence-electron chi connectivity index (χ1n) is 9.01. The molecule has 0 N–H and O–H groups in total. The minimum atomic E-state index is -0.0843. The fraction of sp³-hybridized carbons (Fsp3) is 0.286. The number of hydrogen-bond acceptors (Lipinski definition) is 4. The number of halogens is 1. The first-order valence-corrected chi connectivity index (χ1v) is 9.80. The SMILES string of the molecule is CC(C)c1ccc(N2C[C@@H](c3nc(-c4ccc(Br)cc4)no3)CC2=O)cc1. The second-order valence-corrected chi connectivity index (χ2v) is 8.03. The maximum absolute atomic E-state index is 12.5. The Bertz CT molecular complexity index is 948. The van der Waals surface area contributed by atoms with Crippen LogP contribution in [0, 0.1) is 0 Å². The normalized spacial score (nSPS) is 17.1. The average molecular weight is 426 g/mol. The number of amides is 1. The molecule has 4 rings (SSSR count). The average Bonchev–Trinajstić information content (AvgIpc) is 3.29. The molecule has 0 unspecified atom stereocenters. The number of carbonyl (C=O) groups excluding carboxylic acids is 1. The molecule has 138 valence electrons. The summed E-state index contributed by atoms with van der Waals surface area (Å²) in [4.78, 5) is 18.8. The molecular weight excluding hydrogens is 406 g/mol. The van der Waals surface area contributed by atoms with E-state index in [0.29, 0.717) is 30.6 Å². The third-order valence-electron chi connectivity index (χ3n) is 4.89. The van der Waals surface area contributed by atoms with Crippen LogP contribution >= 0.6 is 15.9 Å². The van der Waals surface area contributed by atoms with Gasteiger partial charge in [-0.3, -0.25) is 4.79 Å². The van der Waals surface area contributed by atoms with E-state index in [1.54, 1.807) is 4.90 Å². The number of benzene rings is 2. The lowest BCUT2D eigenvalue weighted by Crippen LogP contribution is -2.24. The molecule has 1 aromatic heterocycles. The van der Waals surface area contributed by atoms with Crippen molar-refractivity contribution in [3.05, 3.63) is 64.5 Å². The highest BCUT2D eigenvalue weighted by molar-refractivity contribution is 9.10. The zero-order valence-corrected chi connectivity index (χ0v) is 16.8. The molecule has 0 bridgehead atoms. The Morgan fingerprint density at radius 3 is 2.48 bits per heavy atom. The Hall–Kier alpha value is -2.47. The number of aromatic nitrogens is 2. The van der Waals surface area contributed by atoms with E-state index in [0.717, 1.165) is 15.7 Å². The number of rotatable bonds is 4. The van der Waals surface area contributed by atoms with Gasteiger partial charge >= 0.3 is 0 Å². The summed E-state index contributed by atoms with van der Waals surface area (Å²) >= 11 is 3.42. The summed E-state index contributed by atoms with van der Waals surface area (Å²) in [6, 6.07) is 15.9. The van der Waals surface area contributed by atoms with E-state index in [4.69, 9.17) is 4.52 Å². The zero-order chi connectivity index (χ0) is 19.0. The first-order chi connectivity index (χ1) is 13.0. The fourth-order valence-electron chi connectivity index (χ4n) is 3.28. The largest absolute Gasteiger partial charge is 0.339 e. The lowest BCUT2D eigenvalue weighted by Gasteiger charge is -2.17. The van der Waals surface area contributed by atoms with Gasteiger partial charge in [0, 0.05) is 28.7 Å². The van der Waals surface area contributed by atoms with Crippen molar-refractivity contribution in [1.82, 2.24) is 10.1 Å². The topological polar surface area (TPSA) is 59.2 Å². The summed E-state index contributed by atoms with van der Waals surface area (Å²) < 4.78 is 6.46. The van der Waals surface area contributed by atoms with Crippen molar-refractivity contribution in [2.75, 3.05) is 11.4 Å². The lowest BCUT2D eigenvalue weighted by molar-refractivity contribution is -0.117. The van der Waals surface area contributed by atoms with Gasteiger partial charge in [-0.15, -0.1) is 0 Å². The summed E-state index contributed by atoms with van der Waals surface area (Å²) in [7, 11) is 0. The van der Waals surface area contributed by atoms with Gasteiger partial charge < -0.3 is 9.42 Å². The molecule has 3 aromatic rings. The highest BCUT2D eigenvalue weighted by Crippen LogP contribution is 2.32. The van der Waals surface area contributed by atoms with Gasteiger partial charge in [-0.25, -0.2) is 0 Å². The Balaban J connectivity index is 1.51. The summed E-state index contributed by atoms with van der Waals surface area (Å²) in [6.07, 6.45) is 0.383. The molecule has 1 amide bonds. The van der Waals surface area contributed by atoms with E-state index in [9.17, 15) is 4.79 Å². The predicted molar refractivity (Wildman–Crippen MR) is 108 cm³/mol. The molecule has 27 heavy (non-hydrogen) atoms. The maximum atomic E-state index is 12.5. The van der Waals surface area contributed by atoms with Gasteiger partial charge in [0.25, 0.3) is 0 Å². The van der Waals surface area contributed by atoms with Crippen LogP contribution in [0.25, 0.3) is 11.4 Å². The smallest absolute Gasteiger partial charge is 0.232 e. The Morgan fingerprint density at radius 1 is 1.11 bits per heavy atom. The van der Waals surface area contributed by atoms with Crippen LogP contribution in [0.4, 0.5) is 5.69 Å². The van der Waals surface area contributed by atoms with Crippen LogP contribution in [0.15, 0.2) is 57.5 Å². The van der Waals surface area contributed by atoms with Crippen LogP contribution in [0.1, 0.15) is 43.6 Å². The first kappa shape index (κ1) is 17.9. The Kier molecular flexibility index (Phi) is 4.83. The Morgan fingerprint density at radius 2 is 1.81 bits per heavy atom. The van der Waals surface area contributed by atoms with Gasteiger partial charge in [0.2, 0.25) is 17.6 Å². The van der Waals surface area contributed by atoms with Crippen molar-refractivity contribution in [2.24, 2.45) is 0 Å². The molecule has 2 heterocycles. The second-order valence-electron chi connectivity index (χ2n) is 7.11. The molecule has 0 aliphatic carbocycles. The molecule has 0 radical (unpaired) electrons. The van der Waals surface area contributed by atoms with Crippen LogP contribution in [-0.2, 0) is 4.79 Å². The maximum Gasteiger partial charge on any atom is 0.232 e. The van der Waals surface area contributed by atoms with Crippen molar-refractivity contribution in [3.8, 4) is 11.4 Å². The van der Waals surface area contributed by atoms with Gasteiger partial charge in [-0.05, 0) is 47.9 Å². The van der Waals surface area contributed by atoms with E-state index in [1.807, 2.05) is 36.4 Å². The lowest BCUT2D eigenvalue weighted by atomic mass is 10.0. The molecule has 0 spiro atoms. The van der Waals surface area contributed by atoms with Crippen LogP contribution < -0.4 is 4.90 Å². The van der Waals surface area contributed by atoms with E-state index < -0.39 is 0 Å². The van der Waals surface area contributed by atoms with Gasteiger partial charge in [-0.1, -0.05) is 47.1 Å². The predicted octanol–water partition coefficient (Wildman–Crippen LogP) is 5.14. The summed E-state index contributed by atoms with van der Waals surface area (Å²) in [5.74, 6) is 1.53. The van der Waals surface area contributed by atoms with Crippen molar-refractivity contribution in [1.29, 1.82) is 0 Å². The molecule has 6 heteroatoms. The molecule has 1 aliphatic rings. The molecule has 2 aromatic carbocycles. The highest BCUT2D eigenvalue weighted by atomic mass is 79.9. The molecule has 1 aliphatic heterocycles. The van der Waals surface area contributed by atoms with E-state index >= 15 is 0 Å². The third-order valence-corrected chi connectivity index (χ3v) is 5.42. The van der Waals surface area contributed by atoms with Crippen LogP contribution in [0.5, 0.6) is 0 Å². The van der Waals surface area contributed by atoms with E-state index in [-0.39, 0.29) is 11.8 Å². The molecule has 0 saturated carbocycles. The molecule has 1 atom stereocenters. The van der Waals surface area contributed by atoms with Gasteiger partial charge in [0.05, 0.1) is 5.92 Å². The number of nitrogens with zero attached hydrogens (tertiary/aromatic N) is 3. The monoisotopic (exact) mass is 425 g/mol. The summed E-state index contributed by atoms with van der Waals surface area (Å²) in [5, 5.41) is 4.08. The van der Waals surface area contributed by atoms with E-state index in [1.165, 1.54) is 5.56 Å². The number of carbonyl (C=O) groups is 1. The number of anilines is 1. The van der Waals surface area contributed by atoms with Gasteiger partial charge in [-0.2, -0.15) is 4.98 Å². The highest BCUT2D eigenvalue weighted by Gasteiger charge is 2.35. The number of hydrogen-bond donors (Lipinski definition) is 0. The van der Waals surface area contributed by atoms with Crippen molar-refractivity contribution < 1.29 is 9.32 Å². The Labute approximate surface area is 166 Å². The fourth-order valence-corrected chi connectivity index (χ4v) is 3.54. The summed E-state index contributed by atoms with van der Waals surface area (Å²) in [6.45, 7) is 4.87. The molecule has 1 saturated heterocycles. The molecule has 1 fully saturated rings. The third kappa shape index (κ3) is 3.67. The van der Waals surface area contributed by atoms with E-state index in [2.05, 4.69) is 52.1 Å². The molecular formula is C21H20BrN3O2. The summed E-state index contributed by atoms with van der Waals surface area (Å²) in [5.41, 5.74) is 3.07. The van der Waals surface area contributed by atoms with Crippen LogP contribution in [-0.4, -0.2) is 22.6 Å². The minimum Gasteiger partial charge on any atom is -0.339 e. The van der Waals surface area contributed by atoms with Crippen LogP contribution in [0.2, 0.25) is 0 Å². The molecule has 5 nitrogen and oxygen atoms in total. The zero-order valence-electron chi connectivity index (χ0n) is 15.2. The van der Waals surface area contributed by atoms with Crippen molar-refractivity contribution >= 4 is 27.5 Å². The van der Waals surface area contributed by atoms with Crippen molar-refractivity contribution in [3.63, 3.8) is 0 Å². The van der Waals surface area contributed by atoms with Crippen LogP contribution in [0.3, 0.4) is 0 Å². The second kappa shape index (κ2) is 7.27. The van der Waals surface area contributed by atoms with Crippen molar-refractivity contribution in [2.45, 2.75) is 32.1 Å².